The summed E-state index contributed by atoms with van der Waals surface area (Å²) in [5.74, 6) is 0.772. The van der Waals surface area contributed by atoms with Crippen LogP contribution in [0.4, 0.5) is 5.69 Å². The molecule has 0 spiro atoms. The van der Waals surface area contributed by atoms with Crippen molar-refractivity contribution >= 4 is 24.0 Å². The first-order chi connectivity index (χ1) is 11.1. The first-order valence-electron chi connectivity index (χ1n) is 8.33. The van der Waals surface area contributed by atoms with Crippen LogP contribution >= 0.6 is 12.4 Å². The van der Waals surface area contributed by atoms with E-state index in [0.29, 0.717) is 30.3 Å². The van der Waals surface area contributed by atoms with Crippen molar-refractivity contribution in [3.05, 3.63) is 39.4 Å². The summed E-state index contributed by atoms with van der Waals surface area (Å²) in [5, 5.41) is 14.6. The van der Waals surface area contributed by atoms with Crippen LogP contribution in [0.25, 0.3) is 0 Å². The molecule has 0 unspecified atom stereocenters. The molecule has 1 aromatic carbocycles. The van der Waals surface area contributed by atoms with E-state index >= 15 is 0 Å². The largest absolute Gasteiger partial charge is 0.339 e. The second kappa shape index (κ2) is 7.94. The molecule has 0 atom stereocenters. The van der Waals surface area contributed by atoms with Gasteiger partial charge in [-0.1, -0.05) is 6.07 Å². The Kier molecular flexibility index (Phi) is 6.18. The number of likely N-dealkylation sites (tertiary alicyclic amines) is 1. The number of hydrogen-bond acceptors (Lipinski definition) is 4. The van der Waals surface area contributed by atoms with Gasteiger partial charge in [-0.15, -0.1) is 12.4 Å². The minimum atomic E-state index is -0.430. The minimum absolute atomic E-state index is 0. The lowest BCUT2D eigenvalue weighted by molar-refractivity contribution is -0.385. The molecule has 132 valence electrons. The Morgan fingerprint density at radius 3 is 2.54 bits per heavy atom. The van der Waals surface area contributed by atoms with Crippen molar-refractivity contribution in [3.8, 4) is 0 Å². The van der Waals surface area contributed by atoms with E-state index in [1.165, 1.54) is 18.9 Å². The average molecular weight is 354 g/mol. The Hall–Kier alpha value is -1.66. The van der Waals surface area contributed by atoms with E-state index in [2.05, 4.69) is 5.32 Å². The van der Waals surface area contributed by atoms with E-state index in [1.54, 1.807) is 19.1 Å². The smallest absolute Gasteiger partial charge is 0.273 e. The fourth-order valence-electron chi connectivity index (χ4n) is 3.17. The molecule has 24 heavy (non-hydrogen) atoms. The standard InChI is InChI=1S/C17H23N3O3.ClH/c1-12-15(3-2-4-16(12)20(22)23)17(21)19-9-7-14(8-10-19)18-11-13-5-6-13;/h2-4,13-14,18H,5-11H2,1H3;1H. The number of amides is 1. The van der Waals surface area contributed by atoms with Gasteiger partial charge >= 0.3 is 0 Å². The first-order valence-corrected chi connectivity index (χ1v) is 8.33. The lowest BCUT2D eigenvalue weighted by Gasteiger charge is -2.33. The molecule has 2 fully saturated rings. The molecule has 1 heterocycles. The summed E-state index contributed by atoms with van der Waals surface area (Å²) >= 11 is 0. The molecule has 1 aliphatic heterocycles. The van der Waals surface area contributed by atoms with Crippen LogP contribution in [0.15, 0.2) is 18.2 Å². The Balaban J connectivity index is 0.00000208. The van der Waals surface area contributed by atoms with Crippen LogP contribution < -0.4 is 5.32 Å². The number of carbonyl (C=O) groups is 1. The van der Waals surface area contributed by atoms with Gasteiger partial charge in [0.1, 0.15) is 0 Å². The first kappa shape index (κ1) is 18.7. The molecule has 3 rings (SSSR count). The highest BCUT2D eigenvalue weighted by Crippen LogP contribution is 2.28. The van der Waals surface area contributed by atoms with Gasteiger partial charge < -0.3 is 10.2 Å². The Morgan fingerprint density at radius 1 is 1.29 bits per heavy atom. The van der Waals surface area contributed by atoms with Crippen molar-refractivity contribution in [2.24, 2.45) is 5.92 Å². The van der Waals surface area contributed by atoms with Crippen LogP contribution in [0.1, 0.15) is 41.6 Å². The van der Waals surface area contributed by atoms with E-state index in [0.717, 1.165) is 25.3 Å². The van der Waals surface area contributed by atoms with E-state index < -0.39 is 4.92 Å². The third kappa shape index (κ3) is 4.24. The van der Waals surface area contributed by atoms with Crippen LogP contribution in [-0.4, -0.2) is 41.4 Å². The van der Waals surface area contributed by atoms with Crippen LogP contribution in [0, 0.1) is 23.0 Å². The molecule has 0 bridgehead atoms. The molecule has 1 aromatic rings. The zero-order valence-electron chi connectivity index (χ0n) is 13.9. The molecule has 1 saturated heterocycles. The van der Waals surface area contributed by atoms with Gasteiger partial charge in [0, 0.05) is 36.3 Å². The van der Waals surface area contributed by atoms with E-state index in [-0.39, 0.29) is 24.0 Å². The quantitative estimate of drug-likeness (QED) is 0.652. The summed E-state index contributed by atoms with van der Waals surface area (Å²) in [5.41, 5.74) is 0.914. The number of rotatable bonds is 5. The van der Waals surface area contributed by atoms with Crippen LogP contribution in [0.2, 0.25) is 0 Å². The van der Waals surface area contributed by atoms with Gasteiger partial charge in [-0.05, 0) is 51.1 Å². The second-order valence-corrected chi connectivity index (χ2v) is 6.62. The van der Waals surface area contributed by atoms with Gasteiger partial charge in [0.15, 0.2) is 0 Å². The monoisotopic (exact) mass is 353 g/mol. The Labute approximate surface area is 148 Å². The van der Waals surface area contributed by atoms with Gasteiger partial charge in [0.25, 0.3) is 11.6 Å². The minimum Gasteiger partial charge on any atom is -0.339 e. The fraction of sp³-hybridized carbons (Fsp3) is 0.588. The van der Waals surface area contributed by atoms with Crippen molar-refractivity contribution in [2.75, 3.05) is 19.6 Å². The molecule has 0 radical (unpaired) electrons. The summed E-state index contributed by atoms with van der Waals surface area (Å²) in [6.07, 6.45) is 4.59. The lowest BCUT2D eigenvalue weighted by Crippen LogP contribution is -2.45. The fourth-order valence-corrected chi connectivity index (χ4v) is 3.17. The molecule has 1 N–H and O–H groups in total. The molecule has 1 aliphatic carbocycles. The highest BCUT2D eigenvalue weighted by molar-refractivity contribution is 5.96. The third-order valence-corrected chi connectivity index (χ3v) is 4.91. The number of nitrogens with zero attached hydrogens (tertiary/aromatic N) is 2. The number of carbonyl (C=O) groups excluding carboxylic acids is 1. The van der Waals surface area contributed by atoms with Crippen molar-refractivity contribution in [1.82, 2.24) is 10.2 Å². The maximum absolute atomic E-state index is 12.7. The summed E-state index contributed by atoms with van der Waals surface area (Å²) in [7, 11) is 0. The summed E-state index contributed by atoms with van der Waals surface area (Å²) in [6.45, 7) is 4.17. The Bertz CT molecular complexity index is 611. The van der Waals surface area contributed by atoms with Gasteiger partial charge in [-0.25, -0.2) is 0 Å². The normalized spacial score (nSPS) is 18.1. The maximum Gasteiger partial charge on any atom is 0.273 e. The number of benzene rings is 1. The zero-order chi connectivity index (χ0) is 16.4. The van der Waals surface area contributed by atoms with Gasteiger partial charge in [0.2, 0.25) is 0 Å². The predicted octanol–water partition coefficient (Wildman–Crippen LogP) is 2.93. The number of hydrogen-bond donors (Lipinski definition) is 1. The van der Waals surface area contributed by atoms with Crippen molar-refractivity contribution in [1.29, 1.82) is 0 Å². The van der Waals surface area contributed by atoms with Gasteiger partial charge in [-0.2, -0.15) is 0 Å². The third-order valence-electron chi connectivity index (χ3n) is 4.91. The number of nitrogens with one attached hydrogen (secondary N) is 1. The molecule has 6 nitrogen and oxygen atoms in total. The number of nitro benzene ring substituents is 1. The number of piperidine rings is 1. The highest BCUT2D eigenvalue weighted by atomic mass is 35.5. The lowest BCUT2D eigenvalue weighted by atomic mass is 10.0. The predicted molar refractivity (Wildman–Crippen MR) is 94.7 cm³/mol. The van der Waals surface area contributed by atoms with Crippen LogP contribution in [0.5, 0.6) is 0 Å². The van der Waals surface area contributed by atoms with Gasteiger partial charge in [0.05, 0.1) is 4.92 Å². The average Bonchev–Trinajstić information content (AvgIpc) is 3.37. The van der Waals surface area contributed by atoms with E-state index in [9.17, 15) is 14.9 Å². The zero-order valence-corrected chi connectivity index (χ0v) is 14.7. The molecule has 1 saturated carbocycles. The topological polar surface area (TPSA) is 75.5 Å². The summed E-state index contributed by atoms with van der Waals surface area (Å²) < 4.78 is 0. The van der Waals surface area contributed by atoms with Crippen molar-refractivity contribution in [3.63, 3.8) is 0 Å². The maximum atomic E-state index is 12.7. The van der Waals surface area contributed by atoms with E-state index in [4.69, 9.17) is 0 Å². The highest BCUT2D eigenvalue weighted by Gasteiger charge is 2.28. The number of nitro groups is 1. The second-order valence-electron chi connectivity index (χ2n) is 6.62. The van der Waals surface area contributed by atoms with Crippen LogP contribution in [0.3, 0.4) is 0 Å². The molecular weight excluding hydrogens is 330 g/mol. The van der Waals surface area contributed by atoms with Crippen LogP contribution in [-0.2, 0) is 0 Å². The SMILES string of the molecule is Cc1c(C(=O)N2CCC(NCC3CC3)CC2)cccc1[N+](=O)[O-].Cl. The van der Waals surface area contributed by atoms with Crippen molar-refractivity contribution in [2.45, 2.75) is 38.6 Å². The van der Waals surface area contributed by atoms with Gasteiger partial charge in [-0.3, -0.25) is 14.9 Å². The van der Waals surface area contributed by atoms with E-state index in [1.807, 2.05) is 4.90 Å². The molecule has 0 aromatic heterocycles. The molecule has 2 aliphatic rings. The molecule has 7 heteroatoms. The molecular formula is C17H24ClN3O3. The Morgan fingerprint density at radius 2 is 1.96 bits per heavy atom. The molecule has 1 amide bonds. The van der Waals surface area contributed by atoms with Crippen molar-refractivity contribution < 1.29 is 9.72 Å². The number of halogens is 1. The summed E-state index contributed by atoms with van der Waals surface area (Å²) in [6, 6.07) is 5.20. The summed E-state index contributed by atoms with van der Waals surface area (Å²) in [4.78, 5) is 25.1.